The Hall–Kier alpha value is -1.14. The molecule has 2 saturated heterocycles. The largest absolute Gasteiger partial charge is 0.330 e. The molecule has 6 nitrogen and oxygen atoms in total. The average molecular weight is 268 g/mol. The fraction of sp³-hybridized carbons (Fsp3) is 0.846. The predicted molar refractivity (Wildman–Crippen MR) is 72.0 cm³/mol. The summed E-state index contributed by atoms with van der Waals surface area (Å²) in [6.45, 7) is 4.41. The normalized spacial score (nSPS) is 20.1. The first-order valence-electron chi connectivity index (χ1n) is 7.18. The molecule has 0 radical (unpaired) electrons. The summed E-state index contributed by atoms with van der Waals surface area (Å²) in [4.78, 5) is 29.3. The third kappa shape index (κ3) is 3.91. The van der Waals surface area contributed by atoms with Crippen molar-refractivity contribution in [1.29, 1.82) is 0 Å². The topological polar surface area (TPSA) is 69.9 Å². The maximum absolute atomic E-state index is 11.7. The van der Waals surface area contributed by atoms with Crippen LogP contribution in [0, 0.1) is 0 Å². The lowest BCUT2D eigenvalue weighted by atomic mass is 10.4. The van der Waals surface area contributed by atoms with Crippen LogP contribution in [0.2, 0.25) is 0 Å². The van der Waals surface area contributed by atoms with Gasteiger partial charge in [0.1, 0.15) is 0 Å². The number of hydrogen-bond acceptors (Lipinski definition) is 4. The van der Waals surface area contributed by atoms with Crippen LogP contribution in [0.3, 0.4) is 0 Å². The monoisotopic (exact) mass is 268 g/mol. The number of nitrogens with two attached hydrogens (primary N) is 1. The minimum atomic E-state index is 0.227. The van der Waals surface area contributed by atoms with Gasteiger partial charge in [-0.05, 0) is 25.8 Å². The average Bonchev–Trinajstić information content (AvgIpc) is 2.97. The number of amides is 2. The highest BCUT2D eigenvalue weighted by Crippen LogP contribution is 2.13. The van der Waals surface area contributed by atoms with Gasteiger partial charge in [-0.2, -0.15) is 0 Å². The summed E-state index contributed by atoms with van der Waals surface area (Å²) in [5.74, 6) is 0.455. The Morgan fingerprint density at radius 2 is 1.53 bits per heavy atom. The third-order valence-electron chi connectivity index (χ3n) is 3.76. The molecule has 2 amide bonds. The molecule has 0 bridgehead atoms. The minimum Gasteiger partial charge on any atom is -0.330 e. The molecule has 0 unspecified atom stereocenters. The summed E-state index contributed by atoms with van der Waals surface area (Å²) in [5.41, 5.74) is 5.56. The summed E-state index contributed by atoms with van der Waals surface area (Å²) < 4.78 is 0. The zero-order chi connectivity index (χ0) is 13.7. The van der Waals surface area contributed by atoms with E-state index in [1.165, 1.54) is 0 Å². The van der Waals surface area contributed by atoms with Crippen LogP contribution < -0.4 is 5.73 Å². The Morgan fingerprint density at radius 1 is 1.00 bits per heavy atom. The molecular weight excluding hydrogens is 244 g/mol. The van der Waals surface area contributed by atoms with Gasteiger partial charge in [0.25, 0.3) is 0 Å². The number of likely N-dealkylation sites (tertiary alicyclic amines) is 2. The Bertz CT molecular complexity index is 307. The molecule has 2 fully saturated rings. The van der Waals surface area contributed by atoms with E-state index < -0.39 is 0 Å². The molecule has 0 saturated carbocycles. The molecule has 0 atom stereocenters. The van der Waals surface area contributed by atoms with Crippen molar-refractivity contribution in [3.8, 4) is 0 Å². The zero-order valence-corrected chi connectivity index (χ0v) is 11.5. The molecule has 0 spiro atoms. The quantitative estimate of drug-likeness (QED) is 0.694. The van der Waals surface area contributed by atoms with Gasteiger partial charge in [-0.3, -0.25) is 14.5 Å². The van der Waals surface area contributed by atoms with E-state index in [1.807, 2.05) is 9.80 Å². The first kappa shape index (κ1) is 14.3. The summed E-state index contributed by atoms with van der Waals surface area (Å²) >= 11 is 0. The fourth-order valence-corrected chi connectivity index (χ4v) is 2.69. The van der Waals surface area contributed by atoms with Crippen LogP contribution in [0.15, 0.2) is 0 Å². The van der Waals surface area contributed by atoms with Gasteiger partial charge < -0.3 is 15.5 Å². The molecule has 2 aliphatic rings. The lowest BCUT2D eigenvalue weighted by Gasteiger charge is -2.31. The Kier molecular flexibility index (Phi) is 5.15. The van der Waals surface area contributed by atoms with Crippen molar-refractivity contribution in [2.75, 3.05) is 39.5 Å². The highest BCUT2D eigenvalue weighted by Gasteiger charge is 2.26. The molecule has 0 aromatic heterocycles. The number of hydrogen-bond donors (Lipinski definition) is 1. The van der Waals surface area contributed by atoms with Crippen LogP contribution in [0.5, 0.6) is 0 Å². The molecule has 2 rings (SSSR count). The lowest BCUT2D eigenvalue weighted by Crippen LogP contribution is -2.45. The van der Waals surface area contributed by atoms with E-state index in [0.717, 1.165) is 38.9 Å². The summed E-state index contributed by atoms with van der Waals surface area (Å²) in [6.07, 6.45) is 4.11. The zero-order valence-electron chi connectivity index (χ0n) is 11.5. The minimum absolute atomic E-state index is 0.227. The second kappa shape index (κ2) is 6.86. The molecule has 0 aromatic rings. The van der Waals surface area contributed by atoms with Crippen molar-refractivity contribution in [3.63, 3.8) is 0 Å². The molecule has 0 aromatic carbocycles. The molecule has 19 heavy (non-hydrogen) atoms. The van der Waals surface area contributed by atoms with E-state index in [0.29, 0.717) is 32.7 Å². The molecule has 6 heteroatoms. The van der Waals surface area contributed by atoms with Crippen molar-refractivity contribution >= 4 is 11.8 Å². The van der Waals surface area contributed by atoms with Crippen molar-refractivity contribution in [1.82, 2.24) is 14.7 Å². The smallest absolute Gasteiger partial charge is 0.223 e. The second-order valence-electron chi connectivity index (χ2n) is 5.34. The lowest BCUT2D eigenvalue weighted by molar-refractivity contribution is -0.132. The van der Waals surface area contributed by atoms with Crippen LogP contribution in [-0.4, -0.2) is 66.0 Å². The fourth-order valence-electron chi connectivity index (χ4n) is 2.69. The molecule has 2 N–H and O–H groups in total. The van der Waals surface area contributed by atoms with Gasteiger partial charge in [-0.1, -0.05) is 0 Å². The number of carbonyl (C=O) groups is 2. The van der Waals surface area contributed by atoms with E-state index in [2.05, 4.69) is 4.90 Å². The second-order valence-corrected chi connectivity index (χ2v) is 5.34. The Labute approximate surface area is 114 Å². The van der Waals surface area contributed by atoms with E-state index in [-0.39, 0.29) is 11.8 Å². The molecular formula is C13H24N4O2. The van der Waals surface area contributed by atoms with E-state index in [1.54, 1.807) is 0 Å². The molecule has 0 aliphatic carbocycles. The number of rotatable bonds is 7. The van der Waals surface area contributed by atoms with Gasteiger partial charge in [-0.25, -0.2) is 0 Å². The number of nitrogens with zero attached hydrogens (tertiary/aromatic N) is 3. The summed E-state index contributed by atoms with van der Waals surface area (Å²) in [5, 5.41) is 0. The van der Waals surface area contributed by atoms with E-state index in [4.69, 9.17) is 5.73 Å². The van der Waals surface area contributed by atoms with Crippen molar-refractivity contribution < 1.29 is 9.59 Å². The summed E-state index contributed by atoms with van der Waals surface area (Å²) in [7, 11) is 0. The van der Waals surface area contributed by atoms with Gasteiger partial charge in [0.2, 0.25) is 11.8 Å². The van der Waals surface area contributed by atoms with Crippen molar-refractivity contribution in [3.05, 3.63) is 0 Å². The van der Waals surface area contributed by atoms with Crippen molar-refractivity contribution in [2.24, 2.45) is 5.73 Å². The van der Waals surface area contributed by atoms with E-state index in [9.17, 15) is 9.59 Å². The van der Waals surface area contributed by atoms with Crippen LogP contribution >= 0.6 is 0 Å². The van der Waals surface area contributed by atoms with Gasteiger partial charge in [0, 0.05) is 32.5 Å². The van der Waals surface area contributed by atoms with Crippen LogP contribution in [0.4, 0.5) is 0 Å². The molecule has 108 valence electrons. The van der Waals surface area contributed by atoms with Crippen LogP contribution in [0.1, 0.15) is 32.1 Å². The van der Waals surface area contributed by atoms with E-state index >= 15 is 0 Å². The third-order valence-corrected chi connectivity index (χ3v) is 3.76. The van der Waals surface area contributed by atoms with Gasteiger partial charge in [-0.15, -0.1) is 0 Å². The van der Waals surface area contributed by atoms with Gasteiger partial charge in [0.15, 0.2) is 0 Å². The maximum atomic E-state index is 11.7. The Balaban J connectivity index is 1.87. The van der Waals surface area contributed by atoms with Crippen molar-refractivity contribution in [2.45, 2.75) is 32.1 Å². The summed E-state index contributed by atoms with van der Waals surface area (Å²) in [6, 6.07) is 0. The molecule has 2 aliphatic heterocycles. The Morgan fingerprint density at radius 3 is 1.89 bits per heavy atom. The first-order valence-corrected chi connectivity index (χ1v) is 7.18. The standard InChI is InChI=1S/C13H24N4O2/c14-6-3-7-15(10-16-8-1-4-12(16)18)11-17-9-2-5-13(17)19/h1-11,14H2. The highest BCUT2D eigenvalue weighted by atomic mass is 16.2. The highest BCUT2D eigenvalue weighted by molar-refractivity contribution is 5.78. The van der Waals surface area contributed by atoms with Gasteiger partial charge in [0.05, 0.1) is 13.3 Å². The van der Waals surface area contributed by atoms with Crippen LogP contribution in [0.25, 0.3) is 0 Å². The number of carbonyl (C=O) groups excluding carboxylic acids is 2. The maximum Gasteiger partial charge on any atom is 0.223 e. The molecule has 2 heterocycles. The SMILES string of the molecule is NCCCN(CN1CCCC1=O)CN1CCCC1=O. The first-order chi connectivity index (χ1) is 9.20. The van der Waals surface area contributed by atoms with Gasteiger partial charge >= 0.3 is 0 Å². The predicted octanol–water partition coefficient (Wildman–Crippen LogP) is -0.203. The van der Waals surface area contributed by atoms with Crippen LogP contribution in [-0.2, 0) is 9.59 Å².